The number of aliphatic hydroxyl groups is 2. The highest BCUT2D eigenvalue weighted by Gasteiger charge is 2.38. The van der Waals surface area contributed by atoms with E-state index in [9.17, 15) is 19.0 Å². The van der Waals surface area contributed by atoms with E-state index in [1.807, 2.05) is 26.8 Å². The Hall–Kier alpha value is -0.860. The van der Waals surface area contributed by atoms with Gasteiger partial charge in [-0.2, -0.15) is 0 Å². The number of aliphatic hydroxyl groups excluding tert-OH is 2. The fraction of sp³-hybridized carbons (Fsp3) is 0.765. The van der Waals surface area contributed by atoms with Crippen LogP contribution in [-0.4, -0.2) is 47.1 Å². The highest BCUT2D eigenvalue weighted by atomic mass is 19.3. The third-order valence-electron chi connectivity index (χ3n) is 4.11. The number of ether oxygens (including phenoxy) is 2. The molecule has 7 heteroatoms. The lowest BCUT2D eigenvalue weighted by molar-refractivity contribution is -0.320. The fourth-order valence-corrected chi connectivity index (χ4v) is 2.88. The van der Waals surface area contributed by atoms with E-state index in [4.69, 9.17) is 9.47 Å². The van der Waals surface area contributed by atoms with Crippen molar-refractivity contribution in [1.29, 1.82) is 0 Å². The first kappa shape index (κ1) is 19.5. The molecule has 3 N–H and O–H groups in total. The quantitative estimate of drug-likeness (QED) is 0.728. The van der Waals surface area contributed by atoms with Crippen LogP contribution in [0.4, 0.5) is 8.78 Å². The van der Waals surface area contributed by atoms with Gasteiger partial charge in [-0.3, -0.25) is 5.32 Å². The average molecular weight is 347 g/mol. The number of hydrogen-bond acceptors (Lipinski definition) is 5. The summed E-state index contributed by atoms with van der Waals surface area (Å²) in [6, 6.07) is -0.455. The third kappa shape index (κ3) is 5.60. The minimum atomic E-state index is -2.44. The zero-order chi connectivity index (χ0) is 17.9. The first-order valence-corrected chi connectivity index (χ1v) is 8.26. The number of halogens is 2. The van der Waals surface area contributed by atoms with Gasteiger partial charge in [0.1, 0.15) is 6.10 Å². The van der Waals surface area contributed by atoms with Crippen LogP contribution in [0.15, 0.2) is 23.8 Å². The Morgan fingerprint density at radius 3 is 2.71 bits per heavy atom. The SMILES string of the molecule is CC(C)(C)OC1NC(CC2C=CC=C(C(F)F)CC2)C(O)C(O)O1. The molecule has 0 radical (unpaired) electrons. The molecule has 1 heterocycles. The van der Waals surface area contributed by atoms with Crippen LogP contribution in [-0.2, 0) is 9.47 Å². The van der Waals surface area contributed by atoms with Gasteiger partial charge < -0.3 is 19.7 Å². The van der Waals surface area contributed by atoms with E-state index in [-0.39, 0.29) is 11.5 Å². The van der Waals surface area contributed by atoms with Crippen LogP contribution in [0.1, 0.15) is 40.0 Å². The summed E-state index contributed by atoms with van der Waals surface area (Å²) >= 11 is 0. The van der Waals surface area contributed by atoms with Gasteiger partial charge in [0.15, 0.2) is 6.29 Å². The van der Waals surface area contributed by atoms with E-state index >= 15 is 0 Å². The Bertz CT molecular complexity index is 476. The van der Waals surface area contributed by atoms with Crippen LogP contribution >= 0.6 is 0 Å². The molecule has 24 heavy (non-hydrogen) atoms. The number of nitrogens with one attached hydrogen (secondary N) is 1. The predicted molar refractivity (Wildman–Crippen MR) is 85.2 cm³/mol. The summed E-state index contributed by atoms with van der Waals surface area (Å²) in [6.07, 6.45) is 0.612. The van der Waals surface area contributed by atoms with Crippen LogP contribution in [0.3, 0.4) is 0 Å². The molecule has 5 nitrogen and oxygen atoms in total. The van der Waals surface area contributed by atoms with Gasteiger partial charge in [-0.1, -0.05) is 18.2 Å². The Morgan fingerprint density at radius 2 is 2.08 bits per heavy atom. The normalized spacial score (nSPS) is 35.0. The lowest BCUT2D eigenvalue weighted by Gasteiger charge is -2.40. The highest BCUT2D eigenvalue weighted by Crippen LogP contribution is 2.28. The van der Waals surface area contributed by atoms with Gasteiger partial charge in [0.25, 0.3) is 6.43 Å². The molecule has 0 amide bonds. The second-order valence-corrected chi connectivity index (χ2v) is 7.31. The summed E-state index contributed by atoms with van der Waals surface area (Å²) in [5.41, 5.74) is -0.356. The third-order valence-corrected chi connectivity index (χ3v) is 4.11. The molecule has 2 rings (SSSR count). The molecule has 1 aliphatic carbocycles. The monoisotopic (exact) mass is 347 g/mol. The van der Waals surface area contributed by atoms with Gasteiger partial charge in [0.05, 0.1) is 5.60 Å². The van der Waals surface area contributed by atoms with E-state index in [0.717, 1.165) is 0 Å². The maximum atomic E-state index is 12.8. The summed E-state index contributed by atoms with van der Waals surface area (Å²) < 4.78 is 36.4. The second-order valence-electron chi connectivity index (χ2n) is 7.31. The van der Waals surface area contributed by atoms with Crippen molar-refractivity contribution in [3.63, 3.8) is 0 Å². The highest BCUT2D eigenvalue weighted by molar-refractivity contribution is 5.18. The Labute approximate surface area is 141 Å². The van der Waals surface area contributed by atoms with Gasteiger partial charge in [-0.25, -0.2) is 8.78 Å². The lowest BCUT2D eigenvalue weighted by Crippen LogP contribution is -2.60. The van der Waals surface area contributed by atoms with E-state index in [2.05, 4.69) is 5.32 Å². The summed E-state index contributed by atoms with van der Waals surface area (Å²) in [5, 5.41) is 23.1. The first-order chi connectivity index (χ1) is 11.2. The Kier molecular flexibility index (Phi) is 6.50. The number of hydrogen-bond donors (Lipinski definition) is 3. The molecule has 138 valence electrons. The summed E-state index contributed by atoms with van der Waals surface area (Å²) in [7, 11) is 0. The van der Waals surface area contributed by atoms with E-state index in [1.54, 1.807) is 6.08 Å². The molecule has 0 aromatic heterocycles. The largest absolute Gasteiger partial charge is 0.386 e. The van der Waals surface area contributed by atoms with E-state index in [1.165, 1.54) is 6.08 Å². The Balaban J connectivity index is 1.95. The van der Waals surface area contributed by atoms with Crippen molar-refractivity contribution in [1.82, 2.24) is 5.32 Å². The van der Waals surface area contributed by atoms with Crippen molar-refractivity contribution in [2.24, 2.45) is 5.92 Å². The molecular weight excluding hydrogens is 320 g/mol. The van der Waals surface area contributed by atoms with Gasteiger partial charge in [0.2, 0.25) is 6.41 Å². The van der Waals surface area contributed by atoms with Crippen LogP contribution in [0.2, 0.25) is 0 Å². The molecule has 2 aliphatic rings. The van der Waals surface area contributed by atoms with Crippen molar-refractivity contribution in [2.75, 3.05) is 0 Å². The molecule has 0 spiro atoms. The maximum absolute atomic E-state index is 12.8. The number of rotatable bonds is 4. The molecule has 1 fully saturated rings. The first-order valence-electron chi connectivity index (χ1n) is 8.26. The van der Waals surface area contributed by atoms with Gasteiger partial charge in [0, 0.05) is 6.04 Å². The maximum Gasteiger partial charge on any atom is 0.260 e. The van der Waals surface area contributed by atoms with E-state index < -0.39 is 36.9 Å². The second kappa shape index (κ2) is 8.01. The lowest BCUT2D eigenvalue weighted by atomic mass is 9.91. The van der Waals surface area contributed by atoms with Crippen LogP contribution in [0, 0.1) is 5.92 Å². The minimum Gasteiger partial charge on any atom is -0.386 e. The van der Waals surface area contributed by atoms with Gasteiger partial charge >= 0.3 is 0 Å². The summed E-state index contributed by atoms with van der Waals surface area (Å²) in [5.74, 6) is 0.0187. The van der Waals surface area contributed by atoms with Crippen molar-refractivity contribution < 1.29 is 28.5 Å². The zero-order valence-electron chi connectivity index (χ0n) is 14.3. The fourth-order valence-electron chi connectivity index (χ4n) is 2.88. The molecule has 1 aliphatic heterocycles. The average Bonchev–Trinajstić information content (AvgIpc) is 2.68. The zero-order valence-corrected chi connectivity index (χ0v) is 14.3. The molecule has 1 saturated heterocycles. The minimum absolute atomic E-state index is 0.0187. The molecule has 0 saturated carbocycles. The number of allylic oxidation sites excluding steroid dienone is 4. The molecule has 5 atom stereocenters. The molecule has 5 unspecified atom stereocenters. The standard InChI is InChI=1S/C17H27F2NO4/c1-17(2,3)24-16-20-12(13(21)15(22)23-16)9-10-5-4-6-11(8-7-10)14(18)19/h4-6,10,12-16,20-22H,7-9H2,1-3H3. The van der Waals surface area contributed by atoms with Crippen LogP contribution < -0.4 is 5.32 Å². The Morgan fingerprint density at radius 1 is 1.38 bits per heavy atom. The van der Waals surface area contributed by atoms with E-state index in [0.29, 0.717) is 19.3 Å². The summed E-state index contributed by atoms with van der Waals surface area (Å²) in [4.78, 5) is 0. The van der Waals surface area contributed by atoms with Crippen LogP contribution in [0.25, 0.3) is 0 Å². The number of alkyl halides is 2. The smallest absolute Gasteiger partial charge is 0.260 e. The van der Waals surface area contributed by atoms with Crippen molar-refractivity contribution in [3.05, 3.63) is 23.8 Å². The van der Waals surface area contributed by atoms with Gasteiger partial charge in [-0.05, 0) is 51.5 Å². The van der Waals surface area contributed by atoms with Crippen molar-refractivity contribution in [3.8, 4) is 0 Å². The van der Waals surface area contributed by atoms with Crippen molar-refractivity contribution >= 4 is 0 Å². The molecule has 0 aromatic carbocycles. The van der Waals surface area contributed by atoms with Crippen LogP contribution in [0.5, 0.6) is 0 Å². The predicted octanol–water partition coefficient (Wildman–Crippen LogP) is 2.30. The molecule has 0 aromatic rings. The topological polar surface area (TPSA) is 71.0 Å². The molecular formula is C17H27F2NO4. The summed E-state index contributed by atoms with van der Waals surface area (Å²) in [6.45, 7) is 5.57. The van der Waals surface area contributed by atoms with Crippen molar-refractivity contribution in [2.45, 2.75) is 76.9 Å². The van der Waals surface area contributed by atoms with Gasteiger partial charge in [-0.15, -0.1) is 0 Å². The molecule has 0 bridgehead atoms.